The molecule has 80 valence electrons. The van der Waals surface area contributed by atoms with Crippen molar-refractivity contribution in [1.82, 2.24) is 0 Å². The maximum Gasteiger partial charge on any atom is 0.102 e. The number of hydrogen-bond donors (Lipinski definition) is 1. The standard InChI is InChI=1S/C10H24NO2/c1-4-5-6-11(2,3)7-9-13-10-8-12/h12H,4-10H2,1-3H3/q+1. The van der Waals surface area contributed by atoms with Gasteiger partial charge in [0.15, 0.2) is 0 Å². The van der Waals surface area contributed by atoms with E-state index in [0.29, 0.717) is 6.61 Å². The van der Waals surface area contributed by atoms with Gasteiger partial charge < -0.3 is 14.3 Å². The van der Waals surface area contributed by atoms with E-state index in [-0.39, 0.29) is 6.61 Å². The lowest BCUT2D eigenvalue weighted by atomic mass is 10.3. The lowest BCUT2D eigenvalue weighted by molar-refractivity contribution is -0.890. The molecule has 0 aliphatic heterocycles. The Bertz CT molecular complexity index is 115. The van der Waals surface area contributed by atoms with Gasteiger partial charge in [-0.05, 0) is 6.42 Å². The zero-order valence-electron chi connectivity index (χ0n) is 9.25. The first-order valence-corrected chi connectivity index (χ1v) is 5.13. The quantitative estimate of drug-likeness (QED) is 0.454. The predicted octanol–water partition coefficient (Wildman–Crippen LogP) is 0.872. The Kier molecular flexibility index (Phi) is 7.23. The highest BCUT2D eigenvalue weighted by Crippen LogP contribution is 2.00. The second kappa shape index (κ2) is 7.30. The summed E-state index contributed by atoms with van der Waals surface area (Å²) in [4.78, 5) is 0. The number of quaternary nitrogens is 1. The van der Waals surface area contributed by atoms with Crippen molar-refractivity contribution in [2.45, 2.75) is 19.8 Å². The zero-order valence-corrected chi connectivity index (χ0v) is 9.25. The van der Waals surface area contributed by atoms with Crippen molar-refractivity contribution in [2.24, 2.45) is 0 Å². The van der Waals surface area contributed by atoms with E-state index in [0.717, 1.165) is 17.6 Å². The molecule has 0 atom stereocenters. The molecule has 3 nitrogen and oxygen atoms in total. The van der Waals surface area contributed by atoms with E-state index >= 15 is 0 Å². The van der Waals surface area contributed by atoms with E-state index in [1.807, 2.05) is 0 Å². The Morgan fingerprint density at radius 2 is 1.85 bits per heavy atom. The molecule has 0 aliphatic rings. The molecular formula is C10H24NO2+. The maximum atomic E-state index is 8.51. The van der Waals surface area contributed by atoms with Crippen LogP contribution in [0.25, 0.3) is 0 Å². The summed E-state index contributed by atoms with van der Waals surface area (Å²) < 4.78 is 6.25. The predicted molar refractivity (Wildman–Crippen MR) is 54.7 cm³/mol. The molecule has 0 radical (unpaired) electrons. The van der Waals surface area contributed by atoms with Crippen LogP contribution in [0.1, 0.15) is 19.8 Å². The van der Waals surface area contributed by atoms with Crippen molar-refractivity contribution in [1.29, 1.82) is 0 Å². The zero-order chi connectivity index (χ0) is 10.2. The van der Waals surface area contributed by atoms with E-state index in [2.05, 4.69) is 21.0 Å². The number of nitrogens with zero attached hydrogens (tertiary/aromatic N) is 1. The molecule has 0 heterocycles. The number of unbranched alkanes of at least 4 members (excludes halogenated alkanes) is 1. The second-order valence-corrected chi connectivity index (χ2v) is 4.07. The summed E-state index contributed by atoms with van der Waals surface area (Å²) in [5.41, 5.74) is 0. The molecule has 0 amide bonds. The summed E-state index contributed by atoms with van der Waals surface area (Å²) in [6, 6.07) is 0. The minimum atomic E-state index is 0.127. The number of ether oxygens (including phenoxy) is 1. The van der Waals surface area contributed by atoms with Gasteiger partial charge in [-0.2, -0.15) is 0 Å². The van der Waals surface area contributed by atoms with Crippen LogP contribution in [0.15, 0.2) is 0 Å². The second-order valence-electron chi connectivity index (χ2n) is 4.07. The maximum absolute atomic E-state index is 8.51. The fourth-order valence-electron chi connectivity index (χ4n) is 1.18. The van der Waals surface area contributed by atoms with E-state index in [9.17, 15) is 0 Å². The fourth-order valence-corrected chi connectivity index (χ4v) is 1.18. The molecular weight excluding hydrogens is 166 g/mol. The van der Waals surface area contributed by atoms with Gasteiger partial charge in [0.1, 0.15) is 6.54 Å². The van der Waals surface area contributed by atoms with Crippen molar-refractivity contribution in [2.75, 3.05) is 47.0 Å². The van der Waals surface area contributed by atoms with Gasteiger partial charge in [-0.3, -0.25) is 0 Å². The molecule has 0 unspecified atom stereocenters. The molecule has 0 saturated carbocycles. The van der Waals surface area contributed by atoms with E-state index < -0.39 is 0 Å². The Hall–Kier alpha value is -0.120. The normalized spacial score (nSPS) is 12.0. The number of likely N-dealkylation sites (N-methyl/N-ethyl adjacent to an activating group) is 1. The summed E-state index contributed by atoms with van der Waals surface area (Å²) in [5.74, 6) is 0. The number of hydrogen-bond acceptors (Lipinski definition) is 2. The first-order valence-electron chi connectivity index (χ1n) is 5.13. The minimum Gasteiger partial charge on any atom is -0.394 e. The SMILES string of the molecule is CCCC[N+](C)(C)CCOCCO. The summed E-state index contributed by atoms with van der Waals surface area (Å²) in [6.45, 7) is 5.79. The average Bonchev–Trinajstić information content (AvgIpc) is 2.09. The number of aliphatic hydroxyl groups is 1. The third kappa shape index (κ3) is 8.22. The fraction of sp³-hybridized carbons (Fsp3) is 1.00. The van der Waals surface area contributed by atoms with E-state index in [4.69, 9.17) is 9.84 Å². The summed E-state index contributed by atoms with van der Waals surface area (Å²) in [6.07, 6.45) is 2.52. The van der Waals surface area contributed by atoms with E-state index in [1.165, 1.54) is 19.4 Å². The number of aliphatic hydroxyl groups excluding tert-OH is 1. The molecule has 0 rings (SSSR count). The van der Waals surface area contributed by atoms with Crippen molar-refractivity contribution in [3.63, 3.8) is 0 Å². The van der Waals surface area contributed by atoms with Gasteiger partial charge in [0.05, 0.1) is 40.5 Å². The molecule has 0 aromatic heterocycles. The van der Waals surface area contributed by atoms with Gasteiger partial charge in [0, 0.05) is 0 Å². The molecule has 0 bridgehead atoms. The van der Waals surface area contributed by atoms with Crippen LogP contribution in [0.3, 0.4) is 0 Å². The van der Waals surface area contributed by atoms with Gasteiger partial charge >= 0.3 is 0 Å². The van der Waals surface area contributed by atoms with Gasteiger partial charge in [-0.15, -0.1) is 0 Å². The molecule has 0 spiro atoms. The first-order chi connectivity index (χ1) is 6.12. The van der Waals surface area contributed by atoms with Crippen molar-refractivity contribution >= 4 is 0 Å². The van der Waals surface area contributed by atoms with Crippen LogP contribution in [-0.2, 0) is 4.74 Å². The van der Waals surface area contributed by atoms with Gasteiger partial charge in [-0.25, -0.2) is 0 Å². The van der Waals surface area contributed by atoms with Crippen molar-refractivity contribution < 1.29 is 14.3 Å². The molecule has 0 aromatic carbocycles. The highest BCUT2D eigenvalue weighted by Gasteiger charge is 2.12. The van der Waals surface area contributed by atoms with Crippen molar-refractivity contribution in [3.05, 3.63) is 0 Å². The molecule has 0 fully saturated rings. The Morgan fingerprint density at radius 1 is 1.15 bits per heavy atom. The molecule has 3 heteroatoms. The van der Waals surface area contributed by atoms with Crippen LogP contribution in [0.2, 0.25) is 0 Å². The van der Waals surface area contributed by atoms with Crippen LogP contribution in [0.4, 0.5) is 0 Å². The molecule has 1 N–H and O–H groups in total. The van der Waals surface area contributed by atoms with Crippen LogP contribution in [0, 0.1) is 0 Å². The summed E-state index contributed by atoms with van der Waals surface area (Å²) in [7, 11) is 4.44. The highest BCUT2D eigenvalue weighted by atomic mass is 16.5. The Labute approximate surface area is 81.9 Å². The molecule has 0 aromatic rings. The lowest BCUT2D eigenvalue weighted by Gasteiger charge is -2.29. The lowest BCUT2D eigenvalue weighted by Crippen LogP contribution is -2.43. The van der Waals surface area contributed by atoms with Crippen molar-refractivity contribution in [3.8, 4) is 0 Å². The Balaban J connectivity index is 3.39. The van der Waals surface area contributed by atoms with Crippen LogP contribution in [-0.4, -0.2) is 56.6 Å². The average molecular weight is 190 g/mol. The highest BCUT2D eigenvalue weighted by molar-refractivity contribution is 4.36. The van der Waals surface area contributed by atoms with Crippen LogP contribution < -0.4 is 0 Å². The Morgan fingerprint density at radius 3 is 2.38 bits per heavy atom. The minimum absolute atomic E-state index is 0.127. The molecule has 13 heavy (non-hydrogen) atoms. The molecule has 0 aliphatic carbocycles. The topological polar surface area (TPSA) is 29.5 Å². The third-order valence-corrected chi connectivity index (χ3v) is 2.19. The van der Waals surface area contributed by atoms with Gasteiger partial charge in [-0.1, -0.05) is 13.3 Å². The van der Waals surface area contributed by atoms with Crippen LogP contribution >= 0.6 is 0 Å². The monoisotopic (exact) mass is 190 g/mol. The number of rotatable bonds is 8. The van der Waals surface area contributed by atoms with Gasteiger partial charge in [0.2, 0.25) is 0 Å². The molecule has 0 saturated heterocycles. The van der Waals surface area contributed by atoms with Gasteiger partial charge in [0.25, 0.3) is 0 Å². The summed E-state index contributed by atoms with van der Waals surface area (Å²) in [5, 5.41) is 8.51. The first kappa shape index (κ1) is 12.9. The largest absolute Gasteiger partial charge is 0.394 e. The third-order valence-electron chi connectivity index (χ3n) is 2.19. The van der Waals surface area contributed by atoms with Crippen LogP contribution in [0.5, 0.6) is 0 Å². The smallest absolute Gasteiger partial charge is 0.102 e. The summed E-state index contributed by atoms with van der Waals surface area (Å²) >= 11 is 0. The van der Waals surface area contributed by atoms with E-state index in [1.54, 1.807) is 0 Å².